The molecule has 0 radical (unpaired) electrons. The molecule has 1 saturated carbocycles. The zero-order chi connectivity index (χ0) is 15.6. The van der Waals surface area contributed by atoms with Crippen molar-refractivity contribution in [1.29, 1.82) is 0 Å². The summed E-state index contributed by atoms with van der Waals surface area (Å²) in [7, 11) is 0. The van der Waals surface area contributed by atoms with Gasteiger partial charge in [0.2, 0.25) is 0 Å². The Morgan fingerprint density at radius 3 is 2.22 bits per heavy atom. The Kier molecular flexibility index (Phi) is 4.06. The zero-order valence-corrected chi connectivity index (χ0v) is 13.4. The van der Waals surface area contributed by atoms with Crippen molar-refractivity contribution < 1.29 is 5.11 Å². The van der Waals surface area contributed by atoms with E-state index in [0.717, 1.165) is 43.3 Å². The van der Waals surface area contributed by atoms with E-state index < -0.39 is 6.10 Å². The molecule has 0 amide bonds. The fourth-order valence-corrected chi connectivity index (χ4v) is 3.50. The monoisotopic (exact) mass is 308 g/mol. The molecular formula is C20H24N2O. The number of benzene rings is 2. The summed E-state index contributed by atoms with van der Waals surface area (Å²) >= 11 is 0. The van der Waals surface area contributed by atoms with E-state index in [2.05, 4.69) is 28.0 Å². The molecule has 0 bridgehead atoms. The number of piperazine rings is 1. The minimum atomic E-state index is -0.552. The smallest absolute Gasteiger partial charge is 0.104 e. The number of aliphatic hydroxyl groups is 1. The van der Waals surface area contributed by atoms with Gasteiger partial charge < -0.3 is 10.0 Å². The SMILES string of the molecule is OC(c1ccccc1)c1cccc(N2CCN(C3CC3)CC2)c1. The van der Waals surface area contributed by atoms with Crippen LogP contribution < -0.4 is 4.90 Å². The maximum absolute atomic E-state index is 10.6. The Morgan fingerprint density at radius 1 is 0.826 bits per heavy atom. The number of hydrogen-bond donors (Lipinski definition) is 1. The van der Waals surface area contributed by atoms with Gasteiger partial charge in [0, 0.05) is 37.9 Å². The van der Waals surface area contributed by atoms with Crippen LogP contribution in [0.25, 0.3) is 0 Å². The first-order chi connectivity index (χ1) is 11.3. The van der Waals surface area contributed by atoms with E-state index in [0.29, 0.717) is 0 Å². The summed E-state index contributed by atoms with van der Waals surface area (Å²) in [5.74, 6) is 0. The molecule has 1 heterocycles. The van der Waals surface area contributed by atoms with E-state index >= 15 is 0 Å². The highest BCUT2D eigenvalue weighted by atomic mass is 16.3. The van der Waals surface area contributed by atoms with Crippen molar-refractivity contribution in [3.05, 3.63) is 65.7 Å². The molecule has 1 aliphatic heterocycles. The first kappa shape index (κ1) is 14.7. The summed E-state index contributed by atoms with van der Waals surface area (Å²) < 4.78 is 0. The summed E-state index contributed by atoms with van der Waals surface area (Å²) in [6.45, 7) is 4.50. The number of nitrogens with zero attached hydrogens (tertiary/aromatic N) is 2. The maximum Gasteiger partial charge on any atom is 0.104 e. The van der Waals surface area contributed by atoms with Crippen molar-refractivity contribution in [2.75, 3.05) is 31.1 Å². The van der Waals surface area contributed by atoms with Crippen LogP contribution >= 0.6 is 0 Å². The predicted octanol–water partition coefficient (Wildman–Crippen LogP) is 3.05. The molecule has 1 aliphatic carbocycles. The normalized spacial score (nSPS) is 20.5. The average Bonchev–Trinajstić information content (AvgIpc) is 3.47. The molecule has 2 fully saturated rings. The molecule has 0 aromatic heterocycles. The summed E-state index contributed by atoms with van der Waals surface area (Å²) in [6.07, 6.45) is 2.22. The van der Waals surface area contributed by atoms with Crippen molar-refractivity contribution in [2.45, 2.75) is 25.0 Å². The van der Waals surface area contributed by atoms with Gasteiger partial charge >= 0.3 is 0 Å². The third-order valence-electron chi connectivity index (χ3n) is 5.04. The second kappa shape index (κ2) is 6.34. The van der Waals surface area contributed by atoms with Gasteiger partial charge in [-0.3, -0.25) is 4.90 Å². The lowest BCUT2D eigenvalue weighted by Gasteiger charge is -2.36. The van der Waals surface area contributed by atoms with Crippen LogP contribution in [0.15, 0.2) is 54.6 Å². The maximum atomic E-state index is 10.6. The zero-order valence-electron chi connectivity index (χ0n) is 13.4. The molecule has 2 aromatic carbocycles. The van der Waals surface area contributed by atoms with Gasteiger partial charge in [-0.2, -0.15) is 0 Å². The van der Waals surface area contributed by atoms with Crippen molar-refractivity contribution >= 4 is 5.69 Å². The minimum absolute atomic E-state index is 0.552. The highest BCUT2D eigenvalue weighted by Crippen LogP contribution is 2.30. The Bertz CT molecular complexity index is 646. The second-order valence-electron chi connectivity index (χ2n) is 6.66. The molecule has 1 unspecified atom stereocenters. The van der Waals surface area contributed by atoms with Crippen LogP contribution in [0.3, 0.4) is 0 Å². The molecule has 4 rings (SSSR count). The van der Waals surface area contributed by atoms with E-state index in [-0.39, 0.29) is 0 Å². The van der Waals surface area contributed by atoms with Crippen molar-refractivity contribution in [2.24, 2.45) is 0 Å². The van der Waals surface area contributed by atoms with Crippen LogP contribution in [0, 0.1) is 0 Å². The quantitative estimate of drug-likeness (QED) is 0.940. The van der Waals surface area contributed by atoms with Gasteiger partial charge in [0.05, 0.1) is 0 Å². The largest absolute Gasteiger partial charge is 0.384 e. The fraction of sp³-hybridized carbons (Fsp3) is 0.400. The van der Waals surface area contributed by atoms with Gasteiger partial charge in [-0.1, -0.05) is 42.5 Å². The van der Waals surface area contributed by atoms with Gasteiger partial charge in [-0.25, -0.2) is 0 Å². The van der Waals surface area contributed by atoms with Crippen LogP contribution in [-0.2, 0) is 0 Å². The molecule has 120 valence electrons. The summed E-state index contributed by atoms with van der Waals surface area (Å²) in [5.41, 5.74) is 3.15. The Labute approximate surface area is 138 Å². The van der Waals surface area contributed by atoms with Gasteiger partial charge in [-0.05, 0) is 36.1 Å². The molecule has 0 spiro atoms. The molecule has 1 atom stereocenters. The Morgan fingerprint density at radius 2 is 1.52 bits per heavy atom. The molecule has 2 aliphatic rings. The number of hydrogen-bond acceptors (Lipinski definition) is 3. The lowest BCUT2D eigenvalue weighted by Crippen LogP contribution is -2.47. The van der Waals surface area contributed by atoms with Crippen LogP contribution in [0.4, 0.5) is 5.69 Å². The molecule has 3 heteroatoms. The lowest BCUT2D eigenvalue weighted by molar-refractivity contribution is 0.220. The molecule has 1 N–H and O–H groups in total. The second-order valence-corrected chi connectivity index (χ2v) is 6.66. The minimum Gasteiger partial charge on any atom is -0.384 e. The third kappa shape index (κ3) is 3.26. The van der Waals surface area contributed by atoms with Crippen LogP contribution in [0.5, 0.6) is 0 Å². The highest BCUT2D eigenvalue weighted by molar-refractivity contribution is 5.50. The van der Waals surface area contributed by atoms with Crippen LogP contribution in [0.2, 0.25) is 0 Å². The van der Waals surface area contributed by atoms with Gasteiger partial charge in [0.1, 0.15) is 6.10 Å². The van der Waals surface area contributed by atoms with Crippen molar-refractivity contribution in [3.63, 3.8) is 0 Å². The molecule has 1 saturated heterocycles. The van der Waals surface area contributed by atoms with E-state index in [1.807, 2.05) is 36.4 Å². The fourth-order valence-electron chi connectivity index (χ4n) is 3.50. The first-order valence-corrected chi connectivity index (χ1v) is 8.63. The van der Waals surface area contributed by atoms with Crippen molar-refractivity contribution in [3.8, 4) is 0 Å². The van der Waals surface area contributed by atoms with Gasteiger partial charge in [0.25, 0.3) is 0 Å². The van der Waals surface area contributed by atoms with E-state index in [9.17, 15) is 5.11 Å². The molecule has 3 nitrogen and oxygen atoms in total. The summed E-state index contributed by atoms with van der Waals surface area (Å²) in [5, 5.41) is 10.6. The van der Waals surface area contributed by atoms with Crippen LogP contribution in [0.1, 0.15) is 30.1 Å². The molecule has 2 aromatic rings. The number of anilines is 1. The van der Waals surface area contributed by atoms with E-state index in [1.165, 1.54) is 18.5 Å². The summed E-state index contributed by atoms with van der Waals surface area (Å²) in [6, 6.07) is 19.1. The predicted molar refractivity (Wildman–Crippen MR) is 93.8 cm³/mol. The number of rotatable bonds is 4. The summed E-state index contributed by atoms with van der Waals surface area (Å²) in [4.78, 5) is 5.07. The third-order valence-corrected chi connectivity index (χ3v) is 5.04. The van der Waals surface area contributed by atoms with Crippen LogP contribution in [-0.4, -0.2) is 42.2 Å². The van der Waals surface area contributed by atoms with Gasteiger partial charge in [0.15, 0.2) is 0 Å². The molecular weight excluding hydrogens is 284 g/mol. The first-order valence-electron chi connectivity index (χ1n) is 8.63. The Hall–Kier alpha value is -1.84. The van der Waals surface area contributed by atoms with E-state index in [4.69, 9.17) is 0 Å². The van der Waals surface area contributed by atoms with Crippen molar-refractivity contribution in [1.82, 2.24) is 4.90 Å². The molecule has 23 heavy (non-hydrogen) atoms. The lowest BCUT2D eigenvalue weighted by atomic mass is 10.0. The Balaban J connectivity index is 1.48. The van der Waals surface area contributed by atoms with E-state index in [1.54, 1.807) is 0 Å². The topological polar surface area (TPSA) is 26.7 Å². The van der Waals surface area contributed by atoms with Gasteiger partial charge in [-0.15, -0.1) is 0 Å². The highest BCUT2D eigenvalue weighted by Gasteiger charge is 2.31. The number of aliphatic hydroxyl groups excluding tert-OH is 1. The standard InChI is InChI=1S/C20H24N2O/c23-20(16-5-2-1-3-6-16)17-7-4-8-19(15-17)22-13-11-21(12-14-22)18-9-10-18/h1-8,15,18,20,23H,9-14H2. The average molecular weight is 308 g/mol.